The first-order chi connectivity index (χ1) is 15.0. The Bertz CT molecular complexity index is 967. The molecule has 1 atom stereocenters. The summed E-state index contributed by atoms with van der Waals surface area (Å²) < 4.78 is 0. The topological polar surface area (TPSA) is 105 Å². The van der Waals surface area contributed by atoms with E-state index in [4.69, 9.17) is 0 Å². The van der Waals surface area contributed by atoms with Crippen LogP contribution in [0.25, 0.3) is 11.0 Å². The van der Waals surface area contributed by atoms with Crippen LogP contribution in [0.5, 0.6) is 0 Å². The van der Waals surface area contributed by atoms with Crippen LogP contribution in [0.1, 0.15) is 32.6 Å². The highest BCUT2D eigenvalue weighted by Gasteiger charge is 2.27. The summed E-state index contributed by atoms with van der Waals surface area (Å²) in [5.41, 5.74) is 1.76. The van der Waals surface area contributed by atoms with E-state index in [0.29, 0.717) is 23.3 Å². The molecule has 1 aromatic carbocycles. The van der Waals surface area contributed by atoms with Gasteiger partial charge in [0.2, 0.25) is 11.8 Å². The third-order valence-electron chi connectivity index (χ3n) is 6.44. The molecule has 31 heavy (non-hydrogen) atoms. The summed E-state index contributed by atoms with van der Waals surface area (Å²) in [7, 11) is 0. The molecule has 9 heteroatoms. The summed E-state index contributed by atoms with van der Waals surface area (Å²) in [5, 5.41) is 2.94. The second-order valence-corrected chi connectivity index (χ2v) is 8.61. The van der Waals surface area contributed by atoms with Crippen molar-refractivity contribution in [3.05, 3.63) is 28.7 Å². The lowest BCUT2D eigenvalue weighted by molar-refractivity contribution is -0.133. The van der Waals surface area contributed by atoms with Crippen molar-refractivity contribution in [3.8, 4) is 0 Å². The number of carbonyl (C=O) groups is 2. The fraction of sp³-hybridized carbons (Fsp3) is 0.591. The number of benzene rings is 1. The highest BCUT2D eigenvalue weighted by Crippen LogP contribution is 2.16. The molecule has 3 N–H and O–H groups in total. The molecule has 1 aromatic heterocycles. The van der Waals surface area contributed by atoms with Crippen LogP contribution in [0.2, 0.25) is 0 Å². The van der Waals surface area contributed by atoms with Gasteiger partial charge < -0.3 is 20.2 Å². The van der Waals surface area contributed by atoms with Gasteiger partial charge in [-0.05, 0) is 38.0 Å². The lowest BCUT2D eigenvalue weighted by Crippen LogP contribution is -2.54. The Hall–Kier alpha value is -2.65. The van der Waals surface area contributed by atoms with Crippen molar-refractivity contribution in [1.29, 1.82) is 0 Å². The summed E-state index contributed by atoms with van der Waals surface area (Å²) in [5.74, 6) is 0.158. The van der Waals surface area contributed by atoms with Gasteiger partial charge in [0.05, 0.1) is 23.6 Å². The van der Waals surface area contributed by atoms with Gasteiger partial charge in [-0.15, -0.1) is 0 Å². The average molecular weight is 429 g/mol. The number of carbonyl (C=O) groups excluding carboxylic acids is 2. The lowest BCUT2D eigenvalue weighted by Gasteiger charge is -2.37. The second-order valence-electron chi connectivity index (χ2n) is 8.61. The molecule has 0 spiro atoms. The van der Waals surface area contributed by atoms with Gasteiger partial charge in [-0.25, -0.2) is 4.79 Å². The second kappa shape index (κ2) is 9.65. The number of amides is 2. The van der Waals surface area contributed by atoms with E-state index >= 15 is 0 Å². The molecule has 2 aliphatic rings. The van der Waals surface area contributed by atoms with Gasteiger partial charge in [0, 0.05) is 45.0 Å². The van der Waals surface area contributed by atoms with E-state index in [1.807, 2.05) is 11.8 Å². The Labute approximate surface area is 181 Å². The SMILES string of the molecule is C[C@H](C(=O)Nc1ccc2[nH]c(=O)[nH]c2c1)N1CCN(CC(=O)N2CCCCCC2)CC1. The average Bonchev–Trinajstić information content (AvgIpc) is 2.95. The van der Waals surface area contributed by atoms with Crippen LogP contribution in [-0.2, 0) is 9.59 Å². The first-order valence-corrected chi connectivity index (χ1v) is 11.3. The summed E-state index contributed by atoms with van der Waals surface area (Å²) in [6, 6.07) is 5.03. The van der Waals surface area contributed by atoms with Crippen molar-refractivity contribution in [1.82, 2.24) is 24.7 Å². The van der Waals surface area contributed by atoms with Crippen LogP contribution in [-0.4, -0.2) is 88.3 Å². The van der Waals surface area contributed by atoms with Crippen molar-refractivity contribution in [2.45, 2.75) is 38.6 Å². The fourth-order valence-corrected chi connectivity index (χ4v) is 4.44. The number of hydrogen-bond acceptors (Lipinski definition) is 5. The number of imidazole rings is 1. The molecule has 3 heterocycles. The number of nitrogens with zero attached hydrogens (tertiary/aromatic N) is 3. The number of nitrogens with one attached hydrogen (secondary N) is 3. The van der Waals surface area contributed by atoms with Crippen LogP contribution < -0.4 is 11.0 Å². The number of aromatic nitrogens is 2. The first-order valence-electron chi connectivity index (χ1n) is 11.3. The molecule has 168 valence electrons. The third kappa shape index (κ3) is 5.34. The molecule has 0 radical (unpaired) electrons. The van der Waals surface area contributed by atoms with Crippen LogP contribution >= 0.6 is 0 Å². The molecule has 4 rings (SSSR count). The number of hydrogen-bond donors (Lipinski definition) is 3. The lowest BCUT2D eigenvalue weighted by atomic mass is 10.2. The molecule has 2 aromatic rings. The minimum absolute atomic E-state index is 0.0775. The molecule has 9 nitrogen and oxygen atoms in total. The van der Waals surface area contributed by atoms with E-state index in [-0.39, 0.29) is 23.5 Å². The third-order valence-corrected chi connectivity index (χ3v) is 6.44. The molecule has 2 saturated heterocycles. The highest BCUT2D eigenvalue weighted by molar-refractivity contribution is 5.96. The number of aromatic amines is 2. The van der Waals surface area contributed by atoms with Gasteiger partial charge in [0.1, 0.15) is 0 Å². The van der Waals surface area contributed by atoms with E-state index in [0.717, 1.165) is 52.1 Å². The molecule has 0 aliphatic carbocycles. The zero-order chi connectivity index (χ0) is 21.8. The molecular weight excluding hydrogens is 396 g/mol. The molecule has 2 amide bonds. The number of anilines is 1. The van der Waals surface area contributed by atoms with Crippen molar-refractivity contribution in [2.75, 3.05) is 51.1 Å². The standard InChI is InChI=1S/C22H32N6O3/c1-16(21(30)23-17-6-7-18-19(14-17)25-22(31)24-18)27-12-10-26(11-13-27)15-20(29)28-8-4-2-3-5-9-28/h6-7,14,16H,2-5,8-13,15H2,1H3,(H,23,30)(H2,24,25,31)/t16-/m1/s1. The van der Waals surface area contributed by atoms with Crippen molar-refractivity contribution < 1.29 is 9.59 Å². The minimum Gasteiger partial charge on any atom is -0.342 e. The Balaban J connectivity index is 1.26. The van der Waals surface area contributed by atoms with E-state index in [1.165, 1.54) is 12.8 Å². The maximum absolute atomic E-state index is 12.7. The van der Waals surface area contributed by atoms with Gasteiger partial charge >= 0.3 is 5.69 Å². The monoisotopic (exact) mass is 428 g/mol. The van der Waals surface area contributed by atoms with Crippen LogP contribution in [0.15, 0.2) is 23.0 Å². The van der Waals surface area contributed by atoms with Crippen molar-refractivity contribution in [3.63, 3.8) is 0 Å². The van der Waals surface area contributed by atoms with Crippen LogP contribution in [0.3, 0.4) is 0 Å². The fourth-order valence-electron chi connectivity index (χ4n) is 4.44. The summed E-state index contributed by atoms with van der Waals surface area (Å²) in [6.45, 7) is 7.24. The zero-order valence-corrected chi connectivity index (χ0v) is 18.2. The van der Waals surface area contributed by atoms with Crippen LogP contribution in [0, 0.1) is 0 Å². The molecule has 0 unspecified atom stereocenters. The molecule has 2 aliphatic heterocycles. The van der Waals surface area contributed by atoms with Crippen molar-refractivity contribution in [2.24, 2.45) is 0 Å². The number of likely N-dealkylation sites (tertiary alicyclic amines) is 1. The smallest absolute Gasteiger partial charge is 0.323 e. The summed E-state index contributed by atoms with van der Waals surface area (Å²) >= 11 is 0. The largest absolute Gasteiger partial charge is 0.342 e. The van der Waals surface area contributed by atoms with Gasteiger partial charge in [-0.2, -0.15) is 0 Å². The van der Waals surface area contributed by atoms with Crippen LogP contribution in [0.4, 0.5) is 5.69 Å². The Morgan fingerprint density at radius 1 is 0.968 bits per heavy atom. The minimum atomic E-state index is -0.274. The van der Waals surface area contributed by atoms with Gasteiger partial charge in [0.15, 0.2) is 0 Å². The van der Waals surface area contributed by atoms with E-state index in [9.17, 15) is 14.4 Å². The Kier molecular flexibility index (Phi) is 6.72. The first kappa shape index (κ1) is 21.6. The zero-order valence-electron chi connectivity index (χ0n) is 18.2. The summed E-state index contributed by atoms with van der Waals surface area (Å²) in [6.07, 6.45) is 4.66. The Morgan fingerprint density at radius 3 is 2.35 bits per heavy atom. The number of piperazine rings is 1. The molecule has 0 saturated carbocycles. The normalized spacial score (nSPS) is 19.8. The maximum atomic E-state index is 12.7. The van der Waals surface area contributed by atoms with E-state index in [2.05, 4.69) is 25.1 Å². The van der Waals surface area contributed by atoms with Gasteiger partial charge in [0.25, 0.3) is 0 Å². The number of H-pyrrole nitrogens is 2. The van der Waals surface area contributed by atoms with Gasteiger partial charge in [-0.1, -0.05) is 12.8 Å². The molecule has 2 fully saturated rings. The molecular formula is C22H32N6O3. The highest BCUT2D eigenvalue weighted by atomic mass is 16.2. The van der Waals surface area contributed by atoms with Crippen molar-refractivity contribution >= 4 is 28.5 Å². The quantitative estimate of drug-likeness (QED) is 0.664. The predicted molar refractivity (Wildman–Crippen MR) is 120 cm³/mol. The summed E-state index contributed by atoms with van der Waals surface area (Å²) in [4.78, 5) is 48.5. The van der Waals surface area contributed by atoms with E-state index < -0.39 is 0 Å². The van der Waals surface area contributed by atoms with E-state index in [1.54, 1.807) is 18.2 Å². The predicted octanol–water partition coefficient (Wildman–Crippen LogP) is 1.20. The Morgan fingerprint density at radius 2 is 1.65 bits per heavy atom. The number of fused-ring (bicyclic) bond motifs is 1. The molecule has 0 bridgehead atoms. The van der Waals surface area contributed by atoms with Gasteiger partial charge in [-0.3, -0.25) is 19.4 Å². The maximum Gasteiger partial charge on any atom is 0.323 e. The number of rotatable bonds is 5.